The molecule has 1 atom stereocenters. The average molecular weight is 461 g/mol. The second kappa shape index (κ2) is 9.63. The van der Waals surface area contributed by atoms with Gasteiger partial charge in [0.2, 0.25) is 11.8 Å². The van der Waals surface area contributed by atoms with Crippen LogP contribution >= 0.6 is 0 Å². The predicted octanol–water partition coefficient (Wildman–Crippen LogP) is 2.86. The molecule has 11 heteroatoms. The van der Waals surface area contributed by atoms with E-state index in [0.29, 0.717) is 0 Å². The monoisotopic (exact) mass is 461 g/mol. The summed E-state index contributed by atoms with van der Waals surface area (Å²) in [6, 6.07) is 7.10. The Bertz CT molecular complexity index is 1120. The molecule has 0 unspecified atom stereocenters. The van der Waals surface area contributed by atoms with Gasteiger partial charge in [-0.15, -0.1) is 0 Å². The number of hydrogen-bond acceptors (Lipinski definition) is 6. The van der Waals surface area contributed by atoms with E-state index >= 15 is 0 Å². The van der Waals surface area contributed by atoms with Crippen molar-refractivity contribution >= 4 is 29.3 Å². The summed E-state index contributed by atoms with van der Waals surface area (Å²) >= 11 is 0. The summed E-state index contributed by atoms with van der Waals surface area (Å²) in [5, 5.41) is 2.51. The van der Waals surface area contributed by atoms with E-state index in [2.05, 4.69) is 10.1 Å². The Morgan fingerprint density at radius 3 is 2.45 bits per heavy atom. The lowest BCUT2D eigenvalue weighted by Gasteiger charge is -2.26. The van der Waals surface area contributed by atoms with Gasteiger partial charge < -0.3 is 20.5 Å². The number of imide groups is 1. The molecule has 0 aliphatic carbocycles. The van der Waals surface area contributed by atoms with Gasteiger partial charge in [-0.1, -0.05) is 12.1 Å². The number of rotatable bonds is 9. The Morgan fingerprint density at radius 1 is 1.12 bits per heavy atom. The Hall–Kier alpha value is -4.02. The Balaban J connectivity index is 2.08. The molecule has 0 fully saturated rings. The van der Waals surface area contributed by atoms with E-state index in [9.17, 15) is 28.0 Å². The molecule has 0 saturated heterocycles. The van der Waals surface area contributed by atoms with E-state index in [1.54, 1.807) is 6.92 Å². The van der Waals surface area contributed by atoms with Crippen molar-refractivity contribution in [2.75, 3.05) is 11.9 Å². The van der Waals surface area contributed by atoms with Gasteiger partial charge in [-0.05, 0) is 36.8 Å². The number of hydrogen-bond donors (Lipinski definition) is 2. The highest BCUT2D eigenvalue weighted by Gasteiger charge is 2.43. The van der Waals surface area contributed by atoms with E-state index in [4.69, 9.17) is 10.5 Å². The van der Waals surface area contributed by atoms with Crippen LogP contribution in [0.4, 0.5) is 14.5 Å². The molecular weight excluding hydrogens is 440 g/mol. The zero-order chi connectivity index (χ0) is 24.3. The maximum atomic E-state index is 13.3. The van der Waals surface area contributed by atoms with Gasteiger partial charge in [0.25, 0.3) is 11.8 Å². The van der Waals surface area contributed by atoms with Crippen molar-refractivity contribution in [3.05, 3.63) is 53.1 Å². The fourth-order valence-corrected chi connectivity index (χ4v) is 3.62. The third-order valence-corrected chi connectivity index (χ3v) is 4.83. The van der Waals surface area contributed by atoms with Crippen LogP contribution in [0.15, 0.2) is 36.4 Å². The number of alkyl halides is 2. The molecule has 0 radical (unpaired) electrons. The van der Waals surface area contributed by atoms with Crippen LogP contribution in [0.2, 0.25) is 0 Å². The van der Waals surface area contributed by atoms with Crippen LogP contribution in [0.25, 0.3) is 0 Å². The van der Waals surface area contributed by atoms with E-state index in [-0.39, 0.29) is 40.5 Å². The molecule has 2 aromatic rings. The number of carbonyl (C=O) groups is 4. The summed E-state index contributed by atoms with van der Waals surface area (Å²) in [6.45, 7) is -0.0867. The fraction of sp³-hybridized carbons (Fsp3) is 0.273. The topological polar surface area (TPSA) is 128 Å². The number of anilines is 1. The summed E-state index contributed by atoms with van der Waals surface area (Å²) in [5.41, 5.74) is 5.80. The lowest BCUT2D eigenvalue weighted by atomic mass is 10.0. The number of nitrogens with two attached hydrogens (primary N) is 1. The number of ether oxygens (including phenoxy) is 2. The van der Waals surface area contributed by atoms with Gasteiger partial charge in [0.1, 0.15) is 0 Å². The second-order valence-electron chi connectivity index (χ2n) is 7.09. The van der Waals surface area contributed by atoms with Gasteiger partial charge in [0.05, 0.1) is 35.9 Å². The Kier molecular flexibility index (Phi) is 6.90. The van der Waals surface area contributed by atoms with Crippen LogP contribution in [0, 0.1) is 0 Å². The first kappa shape index (κ1) is 23.6. The fourth-order valence-electron chi connectivity index (χ4n) is 3.62. The largest absolute Gasteiger partial charge is 0.490 e. The molecule has 33 heavy (non-hydrogen) atoms. The first-order valence-corrected chi connectivity index (χ1v) is 9.92. The molecule has 1 aliphatic heterocycles. The minimum atomic E-state index is -3.10. The molecule has 3 N–H and O–H groups in total. The van der Waals surface area contributed by atoms with E-state index in [0.717, 1.165) is 4.90 Å². The minimum Gasteiger partial charge on any atom is -0.490 e. The summed E-state index contributed by atoms with van der Waals surface area (Å²) < 4.78 is 35.3. The van der Waals surface area contributed by atoms with Crippen molar-refractivity contribution < 1.29 is 37.4 Å². The zero-order valence-corrected chi connectivity index (χ0v) is 17.8. The first-order chi connectivity index (χ1) is 15.6. The van der Waals surface area contributed by atoms with Crippen LogP contribution < -0.4 is 20.5 Å². The summed E-state index contributed by atoms with van der Waals surface area (Å²) in [5.74, 6) is -2.98. The van der Waals surface area contributed by atoms with Gasteiger partial charge in [-0.2, -0.15) is 8.78 Å². The number of halogens is 2. The Labute approximate surface area is 187 Å². The highest BCUT2D eigenvalue weighted by molar-refractivity contribution is 6.24. The van der Waals surface area contributed by atoms with Crippen LogP contribution in [-0.4, -0.2) is 41.7 Å². The maximum absolute atomic E-state index is 13.3. The van der Waals surface area contributed by atoms with Crippen LogP contribution in [-0.2, 0) is 9.59 Å². The molecule has 4 amide bonds. The van der Waals surface area contributed by atoms with E-state index in [1.807, 2.05) is 0 Å². The first-order valence-electron chi connectivity index (χ1n) is 9.92. The van der Waals surface area contributed by atoms with E-state index < -0.39 is 42.7 Å². The van der Waals surface area contributed by atoms with Crippen LogP contribution in [0.5, 0.6) is 11.5 Å². The van der Waals surface area contributed by atoms with Crippen LogP contribution in [0.1, 0.15) is 52.6 Å². The standard InChI is InChI=1S/C22H21F2N3O6/c1-3-32-17-9-12(7-8-16(17)33-22(23)24)15(10-18(25)29)27-20(30)13-5-4-6-14(26-11(2)28)19(13)21(27)31/h4-9,15,22H,3,10H2,1-2H3,(H2,25,29)(H,26,28)/t15-/m1/s1. The van der Waals surface area contributed by atoms with Crippen LogP contribution in [0.3, 0.4) is 0 Å². The molecule has 0 aromatic heterocycles. The molecule has 174 valence electrons. The number of nitrogens with zero attached hydrogens (tertiary/aromatic N) is 1. The highest BCUT2D eigenvalue weighted by Crippen LogP contribution is 2.39. The predicted molar refractivity (Wildman–Crippen MR) is 112 cm³/mol. The normalized spacial score (nSPS) is 13.7. The number of carbonyl (C=O) groups excluding carboxylic acids is 4. The number of fused-ring (bicyclic) bond motifs is 1. The summed E-state index contributed by atoms with van der Waals surface area (Å²) in [7, 11) is 0. The van der Waals surface area contributed by atoms with Gasteiger partial charge >= 0.3 is 6.61 Å². The molecule has 1 heterocycles. The molecule has 3 rings (SSSR count). The summed E-state index contributed by atoms with van der Waals surface area (Å²) in [4.78, 5) is 50.6. The molecule has 0 bridgehead atoms. The zero-order valence-electron chi connectivity index (χ0n) is 17.8. The number of benzene rings is 2. The quantitative estimate of drug-likeness (QED) is 0.553. The molecule has 0 spiro atoms. The third kappa shape index (κ3) is 4.92. The van der Waals surface area contributed by atoms with E-state index in [1.165, 1.54) is 43.3 Å². The SMILES string of the molecule is CCOc1cc([C@@H](CC(N)=O)N2C(=O)c3cccc(NC(C)=O)c3C2=O)ccc1OC(F)F. The second-order valence-corrected chi connectivity index (χ2v) is 7.09. The summed E-state index contributed by atoms with van der Waals surface area (Å²) in [6.07, 6.45) is -0.429. The molecule has 9 nitrogen and oxygen atoms in total. The smallest absolute Gasteiger partial charge is 0.387 e. The van der Waals surface area contributed by atoms with Crippen molar-refractivity contribution in [2.45, 2.75) is 32.9 Å². The van der Waals surface area contributed by atoms with Gasteiger partial charge in [0.15, 0.2) is 11.5 Å². The third-order valence-electron chi connectivity index (χ3n) is 4.83. The molecule has 1 aliphatic rings. The lowest BCUT2D eigenvalue weighted by Crippen LogP contribution is -2.36. The highest BCUT2D eigenvalue weighted by atomic mass is 19.3. The van der Waals surface area contributed by atoms with Crippen molar-refractivity contribution in [3.8, 4) is 11.5 Å². The molecule has 0 saturated carbocycles. The van der Waals surface area contributed by atoms with Crippen molar-refractivity contribution in [3.63, 3.8) is 0 Å². The molecule has 2 aromatic carbocycles. The van der Waals surface area contributed by atoms with Gasteiger partial charge in [0, 0.05) is 6.92 Å². The van der Waals surface area contributed by atoms with Gasteiger partial charge in [-0.25, -0.2) is 0 Å². The lowest BCUT2D eigenvalue weighted by molar-refractivity contribution is -0.119. The number of nitrogens with one attached hydrogen (secondary N) is 1. The minimum absolute atomic E-state index is 0.0187. The van der Waals surface area contributed by atoms with Crippen molar-refractivity contribution in [1.29, 1.82) is 0 Å². The van der Waals surface area contributed by atoms with Crippen molar-refractivity contribution in [2.24, 2.45) is 5.73 Å². The van der Waals surface area contributed by atoms with Gasteiger partial charge in [-0.3, -0.25) is 24.1 Å². The van der Waals surface area contributed by atoms with Crippen molar-refractivity contribution in [1.82, 2.24) is 4.90 Å². The molecular formula is C22H21F2N3O6. The average Bonchev–Trinajstić information content (AvgIpc) is 2.98. The maximum Gasteiger partial charge on any atom is 0.387 e. The number of amides is 4. The number of primary amides is 1. The Morgan fingerprint density at radius 2 is 1.85 bits per heavy atom.